The van der Waals surface area contributed by atoms with Crippen molar-refractivity contribution < 1.29 is 14.3 Å². The van der Waals surface area contributed by atoms with Crippen LogP contribution >= 0.6 is 0 Å². The maximum Gasteiger partial charge on any atom is 0.339 e. The molecule has 0 aromatic heterocycles. The Bertz CT molecular complexity index is 655. The van der Waals surface area contributed by atoms with Gasteiger partial charge in [0.05, 0.1) is 6.61 Å². The average Bonchev–Trinajstić information content (AvgIpc) is 3.33. The second-order valence-corrected chi connectivity index (χ2v) is 6.49. The molecule has 0 saturated carbocycles. The molecule has 1 aliphatic heterocycles. The summed E-state index contributed by atoms with van der Waals surface area (Å²) in [6.07, 6.45) is 1.31. The van der Waals surface area contributed by atoms with E-state index in [1.807, 2.05) is 62.4 Å². The summed E-state index contributed by atoms with van der Waals surface area (Å²) in [4.78, 5) is 12.4. The third-order valence-corrected chi connectivity index (χ3v) is 4.53. The molecule has 126 valence electrons. The molecule has 0 spiro atoms. The molecule has 1 aliphatic rings. The summed E-state index contributed by atoms with van der Waals surface area (Å²) in [5.41, 5.74) is 3.63. The molecule has 2 aromatic rings. The van der Waals surface area contributed by atoms with Crippen LogP contribution in [0.4, 0.5) is 0 Å². The minimum Gasteiger partial charge on any atom is -0.464 e. The molecular formula is C21H24O3. The maximum absolute atomic E-state index is 12.4. The fourth-order valence-electron chi connectivity index (χ4n) is 2.97. The van der Waals surface area contributed by atoms with Crippen LogP contribution in [0.3, 0.4) is 0 Å². The number of epoxide rings is 1. The van der Waals surface area contributed by atoms with Gasteiger partial charge in [-0.15, -0.1) is 0 Å². The Morgan fingerprint density at radius 1 is 1.00 bits per heavy atom. The Morgan fingerprint density at radius 3 is 1.96 bits per heavy atom. The molecule has 0 amide bonds. The van der Waals surface area contributed by atoms with Crippen molar-refractivity contribution in [2.75, 3.05) is 6.61 Å². The fourth-order valence-corrected chi connectivity index (χ4v) is 2.97. The van der Waals surface area contributed by atoms with Crippen LogP contribution in [0.25, 0.3) is 0 Å². The molecule has 2 aromatic carbocycles. The lowest BCUT2D eigenvalue weighted by molar-refractivity contribution is -0.145. The second kappa shape index (κ2) is 6.78. The van der Waals surface area contributed by atoms with Crippen molar-refractivity contribution >= 4 is 5.97 Å². The van der Waals surface area contributed by atoms with Crippen LogP contribution in [-0.4, -0.2) is 18.7 Å². The van der Waals surface area contributed by atoms with Gasteiger partial charge in [0.2, 0.25) is 0 Å². The molecule has 0 N–H and O–H groups in total. The van der Waals surface area contributed by atoms with Crippen molar-refractivity contribution in [3.8, 4) is 0 Å². The van der Waals surface area contributed by atoms with E-state index < -0.39 is 11.7 Å². The Balaban J connectivity index is 1.90. The van der Waals surface area contributed by atoms with Crippen molar-refractivity contribution in [1.29, 1.82) is 0 Å². The van der Waals surface area contributed by atoms with Crippen LogP contribution in [0.5, 0.6) is 0 Å². The number of carbonyl (C=O) groups is 1. The van der Waals surface area contributed by atoms with Crippen molar-refractivity contribution in [2.45, 2.75) is 45.3 Å². The molecule has 3 heteroatoms. The molecule has 3 nitrogen and oxygen atoms in total. The Kier molecular flexibility index (Phi) is 4.72. The van der Waals surface area contributed by atoms with Gasteiger partial charge in [-0.1, -0.05) is 73.0 Å². The summed E-state index contributed by atoms with van der Waals surface area (Å²) in [5, 5.41) is 0. The van der Waals surface area contributed by atoms with Gasteiger partial charge in [0.15, 0.2) is 11.7 Å². The predicted octanol–water partition coefficient (Wildman–Crippen LogP) is 4.29. The summed E-state index contributed by atoms with van der Waals surface area (Å²) >= 11 is 0. The number of unbranched alkanes of at least 4 members (excludes halogenated alkanes) is 1. The first kappa shape index (κ1) is 16.7. The van der Waals surface area contributed by atoms with Gasteiger partial charge in [-0.2, -0.15) is 0 Å². The summed E-state index contributed by atoms with van der Waals surface area (Å²) in [7, 11) is 0. The number of esters is 1. The molecule has 0 bridgehead atoms. The smallest absolute Gasteiger partial charge is 0.339 e. The van der Waals surface area contributed by atoms with E-state index in [4.69, 9.17) is 9.47 Å². The molecule has 1 unspecified atom stereocenters. The summed E-state index contributed by atoms with van der Waals surface area (Å²) in [6, 6.07) is 16.3. The molecular weight excluding hydrogens is 300 g/mol. The quantitative estimate of drug-likeness (QED) is 0.452. The molecule has 0 aliphatic carbocycles. The molecule has 1 fully saturated rings. The molecule has 1 saturated heterocycles. The highest BCUT2D eigenvalue weighted by Gasteiger charge is 2.64. The van der Waals surface area contributed by atoms with Gasteiger partial charge in [-0.3, -0.25) is 0 Å². The molecule has 24 heavy (non-hydrogen) atoms. The van der Waals surface area contributed by atoms with Gasteiger partial charge >= 0.3 is 5.97 Å². The van der Waals surface area contributed by atoms with E-state index in [-0.39, 0.29) is 5.97 Å². The normalized spacial score (nSPS) is 18.2. The van der Waals surface area contributed by atoms with Crippen molar-refractivity contribution in [2.24, 2.45) is 0 Å². The average molecular weight is 324 g/mol. The first-order valence-electron chi connectivity index (χ1n) is 8.56. The lowest BCUT2D eigenvalue weighted by atomic mass is 9.87. The number of hydrogen-bond acceptors (Lipinski definition) is 3. The largest absolute Gasteiger partial charge is 0.464 e. The van der Waals surface area contributed by atoms with E-state index in [2.05, 4.69) is 6.92 Å². The Labute approximate surface area is 143 Å². The van der Waals surface area contributed by atoms with E-state index in [9.17, 15) is 4.79 Å². The number of hydrogen-bond donors (Lipinski definition) is 0. The number of carbonyl (C=O) groups excluding carboxylic acids is 1. The highest BCUT2D eigenvalue weighted by atomic mass is 16.7. The van der Waals surface area contributed by atoms with Gasteiger partial charge in [-0.05, 0) is 31.4 Å². The number of ether oxygens (including phenoxy) is 2. The third kappa shape index (κ3) is 3.09. The minimum absolute atomic E-state index is 0.274. The lowest BCUT2D eigenvalue weighted by Crippen LogP contribution is -2.23. The molecule has 1 heterocycles. The Hall–Kier alpha value is -2.13. The summed E-state index contributed by atoms with van der Waals surface area (Å²) < 4.78 is 11.4. The maximum atomic E-state index is 12.4. The molecule has 1 atom stereocenters. The molecule has 0 radical (unpaired) electrons. The third-order valence-electron chi connectivity index (χ3n) is 4.53. The lowest BCUT2D eigenvalue weighted by Gasteiger charge is -2.15. The number of benzene rings is 2. The van der Waals surface area contributed by atoms with Crippen LogP contribution in [0.1, 0.15) is 42.0 Å². The van der Waals surface area contributed by atoms with Gasteiger partial charge in [-0.25, -0.2) is 4.79 Å². The number of rotatable bonds is 6. The molecule has 3 rings (SSSR count). The summed E-state index contributed by atoms with van der Waals surface area (Å²) in [5.74, 6) is -0.274. The van der Waals surface area contributed by atoms with Crippen molar-refractivity contribution in [3.63, 3.8) is 0 Å². The second-order valence-electron chi connectivity index (χ2n) is 6.49. The topological polar surface area (TPSA) is 38.8 Å². The van der Waals surface area contributed by atoms with E-state index in [0.717, 1.165) is 24.0 Å². The van der Waals surface area contributed by atoms with Crippen LogP contribution in [0, 0.1) is 13.8 Å². The van der Waals surface area contributed by atoms with Crippen LogP contribution in [-0.2, 0) is 19.9 Å². The van der Waals surface area contributed by atoms with E-state index in [1.54, 1.807) is 0 Å². The zero-order valence-electron chi connectivity index (χ0n) is 14.5. The minimum atomic E-state index is -0.718. The van der Waals surface area contributed by atoms with Crippen LogP contribution < -0.4 is 0 Å². The van der Waals surface area contributed by atoms with Gasteiger partial charge in [0, 0.05) is 0 Å². The van der Waals surface area contributed by atoms with Gasteiger partial charge in [0.25, 0.3) is 0 Å². The van der Waals surface area contributed by atoms with E-state index >= 15 is 0 Å². The standard InChI is InChI=1S/C21H24O3/c1-4-5-14-23-20(22)19-21(24-19,17-10-6-15(2)7-11-17)18-12-8-16(3)9-13-18/h6-13,19H,4-5,14H2,1-3H3. The Morgan fingerprint density at radius 2 is 1.50 bits per heavy atom. The van der Waals surface area contributed by atoms with Crippen LogP contribution in [0.15, 0.2) is 48.5 Å². The monoisotopic (exact) mass is 324 g/mol. The van der Waals surface area contributed by atoms with Gasteiger partial charge < -0.3 is 9.47 Å². The van der Waals surface area contributed by atoms with E-state index in [1.165, 1.54) is 11.1 Å². The summed E-state index contributed by atoms with van der Waals surface area (Å²) in [6.45, 7) is 6.62. The zero-order valence-corrected chi connectivity index (χ0v) is 14.5. The van der Waals surface area contributed by atoms with Crippen LogP contribution in [0.2, 0.25) is 0 Å². The van der Waals surface area contributed by atoms with E-state index in [0.29, 0.717) is 6.61 Å². The first-order chi connectivity index (χ1) is 11.6. The highest BCUT2D eigenvalue weighted by Crippen LogP contribution is 2.52. The van der Waals surface area contributed by atoms with Crippen molar-refractivity contribution in [1.82, 2.24) is 0 Å². The highest BCUT2D eigenvalue weighted by molar-refractivity contribution is 5.81. The number of aryl methyl sites for hydroxylation is 2. The zero-order chi connectivity index (χ0) is 17.2. The SMILES string of the molecule is CCCCOC(=O)C1OC1(c1ccc(C)cc1)c1ccc(C)cc1. The van der Waals surface area contributed by atoms with Gasteiger partial charge in [0.1, 0.15) is 0 Å². The van der Waals surface area contributed by atoms with Crippen molar-refractivity contribution in [3.05, 3.63) is 70.8 Å². The first-order valence-corrected chi connectivity index (χ1v) is 8.56. The fraction of sp³-hybridized carbons (Fsp3) is 0.381. The predicted molar refractivity (Wildman–Crippen MR) is 93.9 cm³/mol.